The van der Waals surface area contributed by atoms with Gasteiger partial charge in [0.15, 0.2) is 0 Å². The maximum absolute atomic E-state index is 14.0. The van der Waals surface area contributed by atoms with Gasteiger partial charge < -0.3 is 19.3 Å². The number of likely N-dealkylation sites (tertiary alicyclic amines) is 1. The summed E-state index contributed by atoms with van der Waals surface area (Å²) in [6, 6.07) is 6.36. The van der Waals surface area contributed by atoms with E-state index in [0.29, 0.717) is 49.4 Å². The van der Waals surface area contributed by atoms with Gasteiger partial charge in [-0.05, 0) is 25.5 Å². The van der Waals surface area contributed by atoms with Crippen LogP contribution in [0.4, 0.5) is 4.39 Å². The number of ether oxygens (including phenoxy) is 1. The summed E-state index contributed by atoms with van der Waals surface area (Å²) in [5, 5.41) is 13.9. The number of aliphatic hydroxyl groups is 1. The van der Waals surface area contributed by atoms with Crippen LogP contribution >= 0.6 is 0 Å². The third-order valence-electron chi connectivity index (χ3n) is 5.08. The minimum Gasteiger partial charge on any atom is -0.388 e. The quantitative estimate of drug-likeness (QED) is 0.904. The van der Waals surface area contributed by atoms with Crippen LogP contribution in [0.25, 0.3) is 11.3 Å². The Labute approximate surface area is 150 Å². The minimum atomic E-state index is -0.813. The van der Waals surface area contributed by atoms with E-state index in [0.717, 1.165) is 0 Å². The van der Waals surface area contributed by atoms with Gasteiger partial charge in [-0.15, -0.1) is 0 Å². The average Bonchev–Trinajstić information content (AvgIpc) is 3.15. The second-order valence-electron chi connectivity index (χ2n) is 7.56. The molecular formula is C19H21FN2O4. The van der Waals surface area contributed by atoms with Crippen LogP contribution in [0.2, 0.25) is 0 Å². The lowest BCUT2D eigenvalue weighted by molar-refractivity contribution is -0.157. The molecule has 1 aromatic heterocycles. The number of halogens is 1. The van der Waals surface area contributed by atoms with E-state index >= 15 is 0 Å². The van der Waals surface area contributed by atoms with Crippen molar-refractivity contribution in [1.29, 1.82) is 0 Å². The monoisotopic (exact) mass is 360 g/mol. The van der Waals surface area contributed by atoms with Crippen molar-refractivity contribution in [3.8, 4) is 11.3 Å². The van der Waals surface area contributed by atoms with Crippen LogP contribution in [0, 0.1) is 5.82 Å². The lowest BCUT2D eigenvalue weighted by Crippen LogP contribution is -2.63. The largest absolute Gasteiger partial charge is 0.388 e. The summed E-state index contributed by atoms with van der Waals surface area (Å²) in [5.41, 5.74) is 0.305. The minimum absolute atomic E-state index is 0.00597. The first kappa shape index (κ1) is 17.2. The number of aromatic nitrogens is 1. The van der Waals surface area contributed by atoms with Crippen LogP contribution in [0.15, 0.2) is 35.1 Å². The molecule has 0 aliphatic carbocycles. The van der Waals surface area contributed by atoms with Gasteiger partial charge in [0.2, 0.25) is 5.91 Å². The van der Waals surface area contributed by atoms with Crippen LogP contribution in [0.5, 0.6) is 0 Å². The van der Waals surface area contributed by atoms with Crippen LogP contribution < -0.4 is 0 Å². The molecule has 1 N–H and O–H groups in total. The van der Waals surface area contributed by atoms with Crippen molar-refractivity contribution >= 4 is 5.91 Å². The van der Waals surface area contributed by atoms with Gasteiger partial charge in [-0.3, -0.25) is 4.79 Å². The number of rotatable bonds is 4. The Morgan fingerprint density at radius 1 is 1.38 bits per heavy atom. The number of nitrogens with zero attached hydrogens (tertiary/aromatic N) is 2. The molecule has 1 unspecified atom stereocenters. The average molecular weight is 360 g/mol. The number of amides is 1. The molecule has 6 nitrogen and oxygen atoms in total. The summed E-state index contributed by atoms with van der Waals surface area (Å²) in [6.45, 7) is 3.07. The molecule has 2 aliphatic heterocycles. The molecule has 2 aliphatic rings. The van der Waals surface area contributed by atoms with E-state index in [1.54, 1.807) is 30.0 Å². The lowest BCUT2D eigenvalue weighted by Gasteiger charge is -2.47. The highest BCUT2D eigenvalue weighted by molar-refractivity contribution is 5.78. The lowest BCUT2D eigenvalue weighted by atomic mass is 9.85. The maximum atomic E-state index is 14.0. The van der Waals surface area contributed by atoms with Crippen LogP contribution in [-0.4, -0.2) is 52.0 Å². The molecule has 3 heterocycles. The van der Waals surface area contributed by atoms with Crippen LogP contribution in [0.1, 0.15) is 25.3 Å². The first-order valence-corrected chi connectivity index (χ1v) is 8.70. The van der Waals surface area contributed by atoms with Crippen LogP contribution in [-0.2, 0) is 16.0 Å². The molecule has 1 amide bonds. The fraction of sp³-hybridized carbons (Fsp3) is 0.474. The highest BCUT2D eigenvalue weighted by atomic mass is 19.1. The first-order chi connectivity index (χ1) is 12.4. The van der Waals surface area contributed by atoms with Crippen molar-refractivity contribution in [3.05, 3.63) is 41.9 Å². The standard InChI is InChI=1S/C19H21FN2O4/c1-18(24)9-19(25-12-18)10-22(11-19)16(23)7-6-13-8-26-21-17(13)14-4-2-3-5-15(14)20/h2-5,8,24H,6-7,9-12H2,1H3. The van der Waals surface area contributed by atoms with Gasteiger partial charge in [-0.1, -0.05) is 17.3 Å². The van der Waals surface area contributed by atoms with E-state index in [1.165, 1.54) is 12.3 Å². The highest BCUT2D eigenvalue weighted by Crippen LogP contribution is 2.40. The normalized spacial score (nSPS) is 24.0. The number of benzene rings is 1. The molecule has 138 valence electrons. The van der Waals surface area contributed by atoms with E-state index in [2.05, 4.69) is 5.16 Å². The zero-order valence-corrected chi connectivity index (χ0v) is 14.6. The van der Waals surface area contributed by atoms with Crippen molar-refractivity contribution in [1.82, 2.24) is 10.1 Å². The van der Waals surface area contributed by atoms with E-state index < -0.39 is 11.2 Å². The molecule has 2 saturated heterocycles. The van der Waals surface area contributed by atoms with Crippen molar-refractivity contribution in [3.63, 3.8) is 0 Å². The third kappa shape index (κ3) is 3.12. The highest BCUT2D eigenvalue weighted by Gasteiger charge is 2.54. The molecule has 1 aromatic carbocycles. The van der Waals surface area contributed by atoms with Crippen molar-refractivity contribution in [2.45, 2.75) is 37.4 Å². The Morgan fingerprint density at radius 3 is 2.85 bits per heavy atom. The number of carbonyl (C=O) groups excluding carboxylic acids is 1. The Hall–Kier alpha value is -2.25. The molecule has 26 heavy (non-hydrogen) atoms. The third-order valence-corrected chi connectivity index (χ3v) is 5.08. The summed E-state index contributed by atoms with van der Waals surface area (Å²) in [7, 11) is 0. The van der Waals surface area contributed by atoms with E-state index in [9.17, 15) is 14.3 Å². The zero-order valence-electron chi connectivity index (χ0n) is 14.6. The SMILES string of the molecule is CC1(O)COC2(CN(C(=O)CCc3conc3-c3ccccc3F)C2)C1. The summed E-state index contributed by atoms with van der Waals surface area (Å²) >= 11 is 0. The molecule has 1 spiro atoms. The number of carbonyl (C=O) groups is 1. The van der Waals surface area contributed by atoms with Gasteiger partial charge >= 0.3 is 0 Å². The Balaban J connectivity index is 1.36. The topological polar surface area (TPSA) is 75.8 Å². The first-order valence-electron chi connectivity index (χ1n) is 8.70. The summed E-state index contributed by atoms with van der Waals surface area (Å²) < 4.78 is 24.7. The number of hydrogen-bond donors (Lipinski definition) is 1. The molecular weight excluding hydrogens is 339 g/mol. The van der Waals surface area contributed by atoms with Gasteiger partial charge in [-0.2, -0.15) is 0 Å². The zero-order chi connectivity index (χ0) is 18.4. The number of hydrogen-bond acceptors (Lipinski definition) is 5. The molecule has 1 atom stereocenters. The molecule has 2 aromatic rings. The van der Waals surface area contributed by atoms with Gasteiger partial charge in [0.1, 0.15) is 23.4 Å². The second kappa shape index (κ2) is 6.17. The number of aryl methyl sites for hydroxylation is 1. The Morgan fingerprint density at radius 2 is 2.15 bits per heavy atom. The fourth-order valence-corrected chi connectivity index (χ4v) is 3.84. The smallest absolute Gasteiger partial charge is 0.223 e. The van der Waals surface area contributed by atoms with E-state index in [4.69, 9.17) is 9.26 Å². The van der Waals surface area contributed by atoms with Gasteiger partial charge in [-0.25, -0.2) is 4.39 Å². The molecule has 7 heteroatoms. The van der Waals surface area contributed by atoms with E-state index in [1.807, 2.05) is 0 Å². The molecule has 2 fully saturated rings. The Kier molecular flexibility index (Phi) is 4.08. The summed E-state index contributed by atoms with van der Waals surface area (Å²) in [5.74, 6) is -0.365. The van der Waals surface area contributed by atoms with Gasteiger partial charge in [0.25, 0.3) is 0 Å². The molecule has 0 radical (unpaired) electrons. The summed E-state index contributed by atoms with van der Waals surface area (Å²) in [6.07, 6.45) is 2.72. The molecule has 4 rings (SSSR count). The van der Waals surface area contributed by atoms with Gasteiger partial charge in [0.05, 0.1) is 25.3 Å². The maximum Gasteiger partial charge on any atom is 0.223 e. The Bertz CT molecular complexity index is 826. The van der Waals surface area contributed by atoms with Crippen molar-refractivity contribution in [2.75, 3.05) is 19.7 Å². The van der Waals surface area contributed by atoms with Crippen molar-refractivity contribution in [2.24, 2.45) is 0 Å². The van der Waals surface area contributed by atoms with E-state index in [-0.39, 0.29) is 18.1 Å². The second-order valence-corrected chi connectivity index (χ2v) is 7.56. The predicted octanol–water partition coefficient (Wildman–Crippen LogP) is 2.17. The van der Waals surface area contributed by atoms with Crippen molar-refractivity contribution < 1.29 is 23.6 Å². The molecule has 0 saturated carbocycles. The fourth-order valence-electron chi connectivity index (χ4n) is 3.84. The summed E-state index contributed by atoms with van der Waals surface area (Å²) in [4.78, 5) is 14.2. The van der Waals surface area contributed by atoms with Crippen LogP contribution in [0.3, 0.4) is 0 Å². The van der Waals surface area contributed by atoms with Gasteiger partial charge in [0, 0.05) is 24.0 Å². The predicted molar refractivity (Wildman–Crippen MR) is 90.7 cm³/mol. The molecule has 0 bridgehead atoms.